The van der Waals surface area contributed by atoms with Gasteiger partial charge in [0.05, 0.1) is 46.7 Å². The first-order valence-corrected chi connectivity index (χ1v) is 11.6. The predicted octanol–water partition coefficient (Wildman–Crippen LogP) is 5.30. The molecule has 0 bridgehead atoms. The van der Waals surface area contributed by atoms with E-state index in [1.807, 2.05) is 43.3 Å². The number of carbonyl (C=O) groups excluding carboxylic acids is 1. The maximum absolute atomic E-state index is 12.9. The van der Waals surface area contributed by atoms with Crippen LogP contribution in [-0.2, 0) is 6.42 Å². The summed E-state index contributed by atoms with van der Waals surface area (Å²) in [5.74, 6) is 0.891. The smallest absolute Gasteiger partial charge is 0.255 e. The Balaban J connectivity index is 1.61. The molecule has 4 heterocycles. The Bertz CT molecular complexity index is 1370. The molecule has 3 aromatic heterocycles. The van der Waals surface area contributed by atoms with E-state index in [0.29, 0.717) is 52.1 Å². The summed E-state index contributed by atoms with van der Waals surface area (Å²) < 4.78 is 11.8. The van der Waals surface area contributed by atoms with Crippen molar-refractivity contribution in [2.45, 2.75) is 19.4 Å². The normalized spacial score (nSPS) is 13.5. The number of nitrogens with one attached hydrogen (secondary N) is 3. The second-order valence-electron chi connectivity index (χ2n) is 8.07. The first-order chi connectivity index (χ1) is 17.1. The SMILES string of the molecule is COc1c(Cl)cccc1Nc1c(-c2ccncc2O[C@H](C)c2ccccn2)[nH]c2c1C(=O)NCC2. The van der Waals surface area contributed by atoms with Crippen LogP contribution < -0.4 is 20.1 Å². The van der Waals surface area contributed by atoms with Crippen LogP contribution >= 0.6 is 11.6 Å². The molecule has 0 spiro atoms. The van der Waals surface area contributed by atoms with Crippen LogP contribution in [0.1, 0.15) is 34.8 Å². The number of benzene rings is 1. The maximum Gasteiger partial charge on any atom is 0.255 e. The summed E-state index contributed by atoms with van der Waals surface area (Å²) in [6.07, 6.45) is 5.46. The monoisotopic (exact) mass is 489 g/mol. The molecule has 4 aromatic rings. The van der Waals surface area contributed by atoms with Gasteiger partial charge in [0.15, 0.2) is 5.75 Å². The number of aromatic amines is 1. The standard InChI is InChI=1S/C26H24ClN5O3/c1-15(18-7-3-4-11-29-18)35-21-14-28-12-9-16(21)23-24(22-19(31-23)10-13-30-26(22)33)32-20-8-5-6-17(27)25(20)34-2/h3-9,11-12,14-15,31-32H,10,13H2,1-2H3,(H,30,33)/t15-/m1/s1. The van der Waals surface area contributed by atoms with Gasteiger partial charge in [-0.1, -0.05) is 23.7 Å². The molecule has 0 unspecified atom stereocenters. The van der Waals surface area contributed by atoms with E-state index in [-0.39, 0.29) is 12.0 Å². The zero-order chi connectivity index (χ0) is 24.4. The molecule has 35 heavy (non-hydrogen) atoms. The average molecular weight is 490 g/mol. The number of hydrogen-bond acceptors (Lipinski definition) is 6. The minimum atomic E-state index is -0.309. The van der Waals surface area contributed by atoms with Gasteiger partial charge in [-0.25, -0.2) is 0 Å². The van der Waals surface area contributed by atoms with Gasteiger partial charge in [-0.3, -0.25) is 14.8 Å². The lowest BCUT2D eigenvalue weighted by Crippen LogP contribution is -2.31. The molecule has 0 saturated carbocycles. The van der Waals surface area contributed by atoms with Gasteiger partial charge in [-0.2, -0.15) is 0 Å². The zero-order valence-corrected chi connectivity index (χ0v) is 20.0. The number of methoxy groups -OCH3 is 1. The molecule has 1 aliphatic rings. The van der Waals surface area contributed by atoms with Crippen LogP contribution in [-0.4, -0.2) is 34.5 Å². The van der Waals surface area contributed by atoms with E-state index in [2.05, 4.69) is 25.6 Å². The summed E-state index contributed by atoms with van der Waals surface area (Å²) in [5, 5.41) is 6.78. The van der Waals surface area contributed by atoms with Gasteiger partial charge >= 0.3 is 0 Å². The van der Waals surface area contributed by atoms with Gasteiger partial charge in [0.2, 0.25) is 0 Å². The molecule has 9 heteroatoms. The van der Waals surface area contributed by atoms with Crippen molar-refractivity contribution in [3.63, 3.8) is 0 Å². The highest BCUT2D eigenvalue weighted by atomic mass is 35.5. The number of hydrogen-bond donors (Lipinski definition) is 3. The largest absolute Gasteiger partial charge is 0.493 e. The number of rotatable bonds is 7. The number of aromatic nitrogens is 3. The van der Waals surface area contributed by atoms with Crippen LogP contribution in [0.2, 0.25) is 5.02 Å². The fourth-order valence-corrected chi connectivity index (χ4v) is 4.46. The van der Waals surface area contributed by atoms with E-state index < -0.39 is 0 Å². The van der Waals surface area contributed by atoms with Crippen molar-refractivity contribution in [1.29, 1.82) is 0 Å². The molecule has 1 atom stereocenters. The second-order valence-corrected chi connectivity index (χ2v) is 8.47. The molecule has 1 aliphatic heterocycles. The number of carbonyl (C=O) groups is 1. The Morgan fingerprint density at radius 1 is 1.14 bits per heavy atom. The average Bonchev–Trinajstić information content (AvgIpc) is 3.24. The highest BCUT2D eigenvalue weighted by molar-refractivity contribution is 6.32. The molecular formula is C26H24ClN5O3. The van der Waals surface area contributed by atoms with Crippen molar-refractivity contribution in [2.24, 2.45) is 0 Å². The van der Waals surface area contributed by atoms with E-state index in [1.54, 1.807) is 31.8 Å². The molecular weight excluding hydrogens is 466 g/mol. The summed E-state index contributed by atoms with van der Waals surface area (Å²) in [4.78, 5) is 25.1. The summed E-state index contributed by atoms with van der Waals surface area (Å²) in [7, 11) is 1.56. The fraction of sp³-hybridized carbons (Fsp3) is 0.192. The Morgan fingerprint density at radius 3 is 2.83 bits per heavy atom. The number of fused-ring (bicyclic) bond motifs is 1. The highest BCUT2D eigenvalue weighted by Gasteiger charge is 2.29. The third-order valence-corrected chi connectivity index (χ3v) is 6.16. The van der Waals surface area contributed by atoms with Crippen molar-refractivity contribution in [3.05, 3.63) is 83.0 Å². The number of pyridine rings is 2. The minimum Gasteiger partial charge on any atom is -0.493 e. The lowest BCUT2D eigenvalue weighted by atomic mass is 10.0. The number of halogens is 1. The van der Waals surface area contributed by atoms with E-state index in [4.69, 9.17) is 21.1 Å². The molecule has 0 radical (unpaired) electrons. The number of ether oxygens (including phenoxy) is 2. The minimum absolute atomic E-state index is 0.157. The maximum atomic E-state index is 12.9. The number of anilines is 2. The first-order valence-electron chi connectivity index (χ1n) is 11.2. The van der Waals surface area contributed by atoms with Crippen LogP contribution in [0.5, 0.6) is 11.5 Å². The quantitative estimate of drug-likeness (QED) is 0.325. The Labute approximate surface area is 207 Å². The second kappa shape index (κ2) is 9.68. The highest BCUT2D eigenvalue weighted by Crippen LogP contribution is 2.43. The van der Waals surface area contributed by atoms with Gasteiger partial charge in [0.25, 0.3) is 5.91 Å². The lowest BCUT2D eigenvalue weighted by Gasteiger charge is -2.18. The Kier molecular flexibility index (Phi) is 6.29. The van der Waals surface area contributed by atoms with Crippen LogP contribution in [0, 0.1) is 0 Å². The number of nitrogens with zero attached hydrogens (tertiary/aromatic N) is 2. The van der Waals surface area contributed by atoms with Crippen LogP contribution in [0.15, 0.2) is 61.1 Å². The van der Waals surface area contributed by atoms with Gasteiger partial charge in [-0.05, 0) is 37.3 Å². The third-order valence-electron chi connectivity index (χ3n) is 5.86. The van der Waals surface area contributed by atoms with Gasteiger partial charge < -0.3 is 25.1 Å². The lowest BCUT2D eigenvalue weighted by molar-refractivity contribution is 0.0947. The molecule has 0 aliphatic carbocycles. The van der Waals surface area contributed by atoms with Crippen molar-refractivity contribution in [3.8, 4) is 22.8 Å². The molecule has 3 N–H and O–H groups in total. The topological polar surface area (TPSA) is 101 Å². The van der Waals surface area contributed by atoms with Crippen LogP contribution in [0.25, 0.3) is 11.3 Å². The molecule has 0 saturated heterocycles. The van der Waals surface area contributed by atoms with Crippen molar-refractivity contribution in [2.75, 3.05) is 19.0 Å². The Hall–Kier alpha value is -4.04. The molecule has 8 nitrogen and oxygen atoms in total. The van der Waals surface area contributed by atoms with E-state index in [9.17, 15) is 4.79 Å². The molecule has 0 fully saturated rings. The van der Waals surface area contributed by atoms with E-state index >= 15 is 0 Å². The zero-order valence-electron chi connectivity index (χ0n) is 19.3. The van der Waals surface area contributed by atoms with Crippen LogP contribution in [0.3, 0.4) is 0 Å². The van der Waals surface area contributed by atoms with E-state index in [1.165, 1.54) is 0 Å². The third kappa shape index (κ3) is 4.40. The van der Waals surface area contributed by atoms with Crippen molar-refractivity contribution >= 4 is 28.9 Å². The van der Waals surface area contributed by atoms with Gasteiger partial charge in [0.1, 0.15) is 11.9 Å². The fourth-order valence-electron chi connectivity index (χ4n) is 4.20. The number of H-pyrrole nitrogens is 1. The summed E-state index contributed by atoms with van der Waals surface area (Å²) in [6.45, 7) is 2.49. The van der Waals surface area contributed by atoms with Crippen LogP contribution in [0.4, 0.5) is 11.4 Å². The molecule has 5 rings (SSSR count). The summed E-state index contributed by atoms with van der Waals surface area (Å²) >= 11 is 6.35. The van der Waals surface area contributed by atoms with E-state index in [0.717, 1.165) is 17.0 Å². The predicted molar refractivity (Wildman–Crippen MR) is 135 cm³/mol. The number of amides is 1. The number of para-hydroxylation sites is 1. The van der Waals surface area contributed by atoms with Gasteiger partial charge in [-0.15, -0.1) is 0 Å². The Morgan fingerprint density at radius 2 is 2.03 bits per heavy atom. The molecule has 1 aromatic carbocycles. The summed E-state index contributed by atoms with van der Waals surface area (Å²) in [6, 6.07) is 13.0. The van der Waals surface area contributed by atoms with Gasteiger partial charge in [0, 0.05) is 36.6 Å². The van der Waals surface area contributed by atoms with Crippen molar-refractivity contribution < 1.29 is 14.3 Å². The molecule has 178 valence electrons. The first kappa shape index (κ1) is 22.7. The molecule has 1 amide bonds. The van der Waals surface area contributed by atoms with Crippen molar-refractivity contribution in [1.82, 2.24) is 20.3 Å². The summed E-state index contributed by atoms with van der Waals surface area (Å²) in [5.41, 5.74) is 4.91.